The van der Waals surface area contributed by atoms with Crippen LogP contribution in [0, 0.1) is 11.8 Å². The molecular formula is C23H28OSi. The molecule has 2 aromatic carbocycles. The Kier molecular flexibility index (Phi) is 6.42. The van der Waals surface area contributed by atoms with Crippen LogP contribution in [0.4, 0.5) is 0 Å². The van der Waals surface area contributed by atoms with Crippen LogP contribution < -0.4 is 0 Å². The van der Waals surface area contributed by atoms with Crippen molar-refractivity contribution in [3.63, 3.8) is 0 Å². The van der Waals surface area contributed by atoms with Crippen molar-refractivity contribution >= 4 is 8.32 Å². The molecule has 0 radical (unpaired) electrons. The number of rotatable bonds is 4. The highest BCUT2D eigenvalue weighted by Gasteiger charge is 2.38. The SMILES string of the molecule is CC(C)(C)[Si](C)(C)O[C@H](/C=C\C#Cc1ccccc1)c1ccccc1. The fraction of sp³-hybridized carbons (Fsp3) is 0.304. The van der Waals surface area contributed by atoms with Crippen LogP contribution in [0.2, 0.25) is 18.1 Å². The Morgan fingerprint density at radius 2 is 1.48 bits per heavy atom. The summed E-state index contributed by atoms with van der Waals surface area (Å²) in [5.41, 5.74) is 2.19. The lowest BCUT2D eigenvalue weighted by Crippen LogP contribution is -2.41. The van der Waals surface area contributed by atoms with Gasteiger partial charge in [-0.2, -0.15) is 0 Å². The molecule has 2 heteroatoms. The van der Waals surface area contributed by atoms with Gasteiger partial charge in [0.25, 0.3) is 0 Å². The standard InChI is InChI=1S/C23H28OSi/c1-23(2,3)25(4,5)24-22(21-17-10-7-11-18-21)19-13-12-16-20-14-8-6-9-15-20/h6-11,13-15,17-19,22H,1-5H3/b19-13-/t22-/m1/s1. The molecule has 2 rings (SSSR count). The number of hydrogen-bond donors (Lipinski definition) is 0. The first-order valence-corrected chi connectivity index (χ1v) is 11.7. The topological polar surface area (TPSA) is 9.23 Å². The smallest absolute Gasteiger partial charge is 0.193 e. The van der Waals surface area contributed by atoms with E-state index in [1.807, 2.05) is 42.5 Å². The predicted octanol–water partition coefficient (Wildman–Crippen LogP) is 6.36. The molecule has 0 aromatic heterocycles. The maximum absolute atomic E-state index is 6.63. The Bertz CT molecular complexity index is 743. The molecule has 0 unspecified atom stereocenters. The second-order valence-electron chi connectivity index (χ2n) is 7.70. The van der Waals surface area contributed by atoms with Crippen LogP contribution in [0.25, 0.3) is 0 Å². The Balaban J connectivity index is 2.21. The summed E-state index contributed by atoms with van der Waals surface area (Å²) < 4.78 is 6.63. The van der Waals surface area contributed by atoms with Crippen LogP contribution in [0.5, 0.6) is 0 Å². The molecule has 0 bridgehead atoms. The third-order valence-electron chi connectivity index (χ3n) is 4.70. The van der Waals surface area contributed by atoms with Crippen molar-refractivity contribution in [3.05, 3.63) is 83.9 Å². The molecule has 0 spiro atoms. The first-order valence-electron chi connectivity index (χ1n) is 8.76. The zero-order valence-electron chi connectivity index (χ0n) is 15.9. The van der Waals surface area contributed by atoms with Crippen molar-refractivity contribution in [2.75, 3.05) is 0 Å². The number of hydrogen-bond acceptors (Lipinski definition) is 1. The van der Waals surface area contributed by atoms with E-state index in [2.05, 4.69) is 76.0 Å². The van der Waals surface area contributed by atoms with Crippen LogP contribution in [0.1, 0.15) is 38.0 Å². The van der Waals surface area contributed by atoms with E-state index in [0.29, 0.717) is 0 Å². The minimum atomic E-state index is -1.87. The van der Waals surface area contributed by atoms with Crippen LogP contribution in [-0.4, -0.2) is 8.32 Å². The highest BCUT2D eigenvalue weighted by molar-refractivity contribution is 6.74. The van der Waals surface area contributed by atoms with Gasteiger partial charge in [-0.3, -0.25) is 0 Å². The molecule has 0 aliphatic heterocycles. The van der Waals surface area contributed by atoms with Crippen molar-refractivity contribution in [3.8, 4) is 11.8 Å². The molecule has 0 saturated carbocycles. The van der Waals surface area contributed by atoms with Crippen molar-refractivity contribution < 1.29 is 4.43 Å². The van der Waals surface area contributed by atoms with Gasteiger partial charge in [0, 0.05) is 5.56 Å². The van der Waals surface area contributed by atoms with Crippen LogP contribution in [0.3, 0.4) is 0 Å². The van der Waals surface area contributed by atoms with Gasteiger partial charge in [-0.25, -0.2) is 0 Å². The molecule has 25 heavy (non-hydrogen) atoms. The second-order valence-corrected chi connectivity index (χ2v) is 12.5. The van der Waals surface area contributed by atoms with Crippen LogP contribution >= 0.6 is 0 Å². The summed E-state index contributed by atoms with van der Waals surface area (Å²) in [6.45, 7) is 11.4. The molecule has 0 fully saturated rings. The summed E-state index contributed by atoms with van der Waals surface area (Å²) in [5.74, 6) is 6.29. The minimum Gasteiger partial charge on any atom is -0.406 e. The Hall–Kier alpha value is -2.08. The van der Waals surface area contributed by atoms with Crippen molar-refractivity contribution in [2.45, 2.75) is 45.0 Å². The molecule has 0 aliphatic rings. The van der Waals surface area contributed by atoms with Crippen molar-refractivity contribution in [1.82, 2.24) is 0 Å². The fourth-order valence-electron chi connectivity index (χ4n) is 2.14. The van der Waals surface area contributed by atoms with Gasteiger partial charge in [-0.05, 0) is 48.0 Å². The first kappa shape index (κ1) is 19.2. The van der Waals surface area contributed by atoms with Gasteiger partial charge < -0.3 is 4.43 Å². The highest BCUT2D eigenvalue weighted by Crippen LogP contribution is 2.40. The van der Waals surface area contributed by atoms with Gasteiger partial charge in [0.1, 0.15) is 0 Å². The normalized spacial score (nSPS) is 13.3. The monoisotopic (exact) mass is 348 g/mol. The Morgan fingerprint density at radius 1 is 0.920 bits per heavy atom. The van der Waals surface area contributed by atoms with Crippen molar-refractivity contribution in [1.29, 1.82) is 0 Å². The highest BCUT2D eigenvalue weighted by atomic mass is 28.4. The molecule has 0 N–H and O–H groups in total. The summed E-state index contributed by atoms with van der Waals surface area (Å²) in [6, 6.07) is 20.4. The molecule has 2 aromatic rings. The molecule has 0 heterocycles. The lowest BCUT2D eigenvalue weighted by Gasteiger charge is -2.38. The third-order valence-corrected chi connectivity index (χ3v) is 9.16. The zero-order chi connectivity index (χ0) is 18.3. The maximum Gasteiger partial charge on any atom is 0.193 e. The van der Waals surface area contributed by atoms with Gasteiger partial charge in [0.15, 0.2) is 8.32 Å². The minimum absolute atomic E-state index is 0.0628. The van der Waals surface area contributed by atoms with Crippen LogP contribution in [-0.2, 0) is 4.43 Å². The molecule has 0 saturated heterocycles. The van der Waals surface area contributed by atoms with Gasteiger partial charge in [0.2, 0.25) is 0 Å². The zero-order valence-corrected chi connectivity index (χ0v) is 16.9. The molecule has 0 aliphatic carbocycles. The van der Waals surface area contributed by atoms with E-state index < -0.39 is 8.32 Å². The summed E-state index contributed by atoms with van der Waals surface area (Å²) in [6.07, 6.45) is 3.93. The molecule has 0 amide bonds. The summed E-state index contributed by atoms with van der Waals surface area (Å²) in [4.78, 5) is 0. The van der Waals surface area contributed by atoms with Gasteiger partial charge in [-0.15, -0.1) is 0 Å². The quantitative estimate of drug-likeness (QED) is 0.461. The van der Waals surface area contributed by atoms with E-state index in [1.54, 1.807) is 0 Å². The fourth-order valence-corrected chi connectivity index (χ4v) is 3.34. The number of allylic oxidation sites excluding steroid dienone is 1. The van der Waals surface area contributed by atoms with E-state index in [1.165, 1.54) is 5.56 Å². The second kappa shape index (κ2) is 8.34. The van der Waals surface area contributed by atoms with Crippen molar-refractivity contribution in [2.24, 2.45) is 0 Å². The third kappa shape index (κ3) is 5.74. The van der Waals surface area contributed by atoms with E-state index in [0.717, 1.165) is 5.56 Å². The van der Waals surface area contributed by atoms with Crippen LogP contribution in [0.15, 0.2) is 72.8 Å². The summed E-state index contributed by atoms with van der Waals surface area (Å²) >= 11 is 0. The van der Waals surface area contributed by atoms with Gasteiger partial charge in [-0.1, -0.05) is 81.1 Å². The molecule has 1 nitrogen and oxygen atoms in total. The van der Waals surface area contributed by atoms with E-state index in [9.17, 15) is 0 Å². The summed E-state index contributed by atoms with van der Waals surface area (Å²) in [7, 11) is -1.87. The molecule has 130 valence electrons. The Labute approximate surface area is 153 Å². The van der Waals surface area contributed by atoms with Gasteiger partial charge in [0.05, 0.1) is 6.10 Å². The predicted molar refractivity (Wildman–Crippen MR) is 110 cm³/mol. The average molecular weight is 349 g/mol. The average Bonchev–Trinajstić information content (AvgIpc) is 2.58. The first-order chi connectivity index (χ1) is 11.8. The van der Waals surface area contributed by atoms with E-state index >= 15 is 0 Å². The molecule has 1 atom stereocenters. The van der Waals surface area contributed by atoms with E-state index in [4.69, 9.17) is 4.43 Å². The molecular weight excluding hydrogens is 320 g/mol. The largest absolute Gasteiger partial charge is 0.406 e. The van der Waals surface area contributed by atoms with E-state index in [-0.39, 0.29) is 11.1 Å². The lowest BCUT2D eigenvalue weighted by molar-refractivity contribution is 0.229. The lowest BCUT2D eigenvalue weighted by atomic mass is 10.1. The summed E-state index contributed by atoms with van der Waals surface area (Å²) in [5, 5.41) is 0.170. The van der Waals surface area contributed by atoms with Gasteiger partial charge >= 0.3 is 0 Å². The number of benzene rings is 2. The Morgan fingerprint density at radius 3 is 2.04 bits per heavy atom. The maximum atomic E-state index is 6.63.